The van der Waals surface area contributed by atoms with E-state index in [-0.39, 0.29) is 11.1 Å². The third-order valence-electron chi connectivity index (χ3n) is 2.41. The summed E-state index contributed by atoms with van der Waals surface area (Å²) in [4.78, 5) is 22.3. The molecule has 0 aromatic heterocycles. The Labute approximate surface area is 91.3 Å². The van der Waals surface area contributed by atoms with Gasteiger partial charge in [-0.15, -0.1) is 0 Å². The van der Waals surface area contributed by atoms with Gasteiger partial charge in [0.1, 0.15) is 0 Å². The number of benzene rings is 2. The molecule has 0 fully saturated rings. The Morgan fingerprint density at radius 1 is 1.06 bits per heavy atom. The Kier molecular flexibility index (Phi) is 2.32. The van der Waals surface area contributed by atoms with E-state index in [9.17, 15) is 9.59 Å². The number of rotatable bonds is 2. The zero-order valence-electron chi connectivity index (χ0n) is 8.31. The molecule has 4 nitrogen and oxygen atoms in total. The maximum absolute atomic E-state index is 11.3. The van der Waals surface area contributed by atoms with E-state index in [1.165, 1.54) is 6.07 Å². The number of aromatic carboxylic acids is 1. The van der Waals surface area contributed by atoms with Gasteiger partial charge < -0.3 is 10.8 Å². The number of carbonyl (C=O) groups excluding carboxylic acids is 1. The quantitative estimate of drug-likeness (QED) is 0.799. The van der Waals surface area contributed by atoms with Crippen LogP contribution in [0.5, 0.6) is 0 Å². The van der Waals surface area contributed by atoms with Crippen molar-refractivity contribution >= 4 is 22.6 Å². The molecule has 3 N–H and O–H groups in total. The van der Waals surface area contributed by atoms with E-state index >= 15 is 0 Å². The van der Waals surface area contributed by atoms with Gasteiger partial charge in [0.25, 0.3) is 0 Å². The standard InChI is InChI=1S/C12H9NO3/c13-11(14)10-8-4-2-1-3-7(8)5-6-9(10)12(15)16/h1-6H,(H2,13,14)(H,15,16). The highest BCUT2D eigenvalue weighted by Gasteiger charge is 2.16. The second-order valence-electron chi connectivity index (χ2n) is 3.38. The molecule has 2 rings (SSSR count). The molecule has 0 bridgehead atoms. The van der Waals surface area contributed by atoms with Gasteiger partial charge in [-0.05, 0) is 16.8 Å². The number of carboxylic acid groups (broad SMARTS) is 1. The molecule has 0 saturated carbocycles. The van der Waals surface area contributed by atoms with Crippen molar-refractivity contribution in [1.29, 1.82) is 0 Å². The zero-order valence-corrected chi connectivity index (χ0v) is 8.31. The average Bonchev–Trinajstić information content (AvgIpc) is 2.27. The molecule has 80 valence electrons. The number of nitrogens with two attached hydrogens (primary N) is 1. The number of carboxylic acids is 1. The smallest absolute Gasteiger partial charge is 0.336 e. The van der Waals surface area contributed by atoms with E-state index in [2.05, 4.69) is 0 Å². The highest BCUT2D eigenvalue weighted by Crippen LogP contribution is 2.22. The molecule has 16 heavy (non-hydrogen) atoms. The third-order valence-corrected chi connectivity index (χ3v) is 2.41. The average molecular weight is 215 g/mol. The van der Waals surface area contributed by atoms with Gasteiger partial charge >= 0.3 is 5.97 Å². The molecule has 0 spiro atoms. The Hall–Kier alpha value is -2.36. The predicted octanol–water partition coefficient (Wildman–Crippen LogP) is 1.64. The van der Waals surface area contributed by atoms with Crippen molar-refractivity contribution in [2.75, 3.05) is 0 Å². The van der Waals surface area contributed by atoms with Crippen LogP contribution in [0.1, 0.15) is 20.7 Å². The van der Waals surface area contributed by atoms with Crippen LogP contribution < -0.4 is 5.73 Å². The number of carbonyl (C=O) groups is 2. The van der Waals surface area contributed by atoms with E-state index in [1.54, 1.807) is 24.3 Å². The molecule has 0 aliphatic rings. The molecule has 4 heteroatoms. The minimum absolute atomic E-state index is 0.0607. The lowest BCUT2D eigenvalue weighted by atomic mass is 9.98. The lowest BCUT2D eigenvalue weighted by molar-refractivity contribution is 0.0692. The van der Waals surface area contributed by atoms with Crippen LogP contribution in [0.3, 0.4) is 0 Å². The van der Waals surface area contributed by atoms with Crippen molar-refractivity contribution in [3.8, 4) is 0 Å². The molecular weight excluding hydrogens is 206 g/mol. The first kappa shape index (κ1) is 10.2. The fraction of sp³-hybridized carbons (Fsp3) is 0. The van der Waals surface area contributed by atoms with Gasteiger partial charge in [0.15, 0.2) is 0 Å². The van der Waals surface area contributed by atoms with E-state index in [4.69, 9.17) is 10.8 Å². The van der Waals surface area contributed by atoms with Crippen LogP contribution in [0, 0.1) is 0 Å². The lowest BCUT2D eigenvalue weighted by Gasteiger charge is -2.06. The van der Waals surface area contributed by atoms with Crippen molar-refractivity contribution in [2.45, 2.75) is 0 Å². The molecule has 0 aliphatic heterocycles. The molecule has 0 heterocycles. The Morgan fingerprint density at radius 3 is 2.38 bits per heavy atom. The highest BCUT2D eigenvalue weighted by molar-refractivity contribution is 6.13. The van der Waals surface area contributed by atoms with Crippen molar-refractivity contribution in [3.63, 3.8) is 0 Å². The summed E-state index contributed by atoms with van der Waals surface area (Å²) in [5.41, 5.74) is 5.21. The first-order valence-electron chi connectivity index (χ1n) is 4.66. The van der Waals surface area contributed by atoms with Gasteiger partial charge in [0.05, 0.1) is 11.1 Å². The van der Waals surface area contributed by atoms with Crippen LogP contribution in [-0.2, 0) is 0 Å². The van der Waals surface area contributed by atoms with Gasteiger partial charge in [-0.25, -0.2) is 4.79 Å². The molecular formula is C12H9NO3. The largest absolute Gasteiger partial charge is 0.478 e. The van der Waals surface area contributed by atoms with Crippen LogP contribution in [0.4, 0.5) is 0 Å². The van der Waals surface area contributed by atoms with Crippen molar-refractivity contribution in [3.05, 3.63) is 47.5 Å². The normalized spacial score (nSPS) is 10.2. The summed E-state index contributed by atoms with van der Waals surface area (Å²) in [6, 6.07) is 10.1. The van der Waals surface area contributed by atoms with E-state index in [0.29, 0.717) is 5.39 Å². The molecule has 0 radical (unpaired) electrons. The summed E-state index contributed by atoms with van der Waals surface area (Å²) in [7, 11) is 0. The Bertz CT molecular complexity index is 590. The van der Waals surface area contributed by atoms with Crippen molar-refractivity contribution < 1.29 is 14.7 Å². The van der Waals surface area contributed by atoms with Crippen molar-refractivity contribution in [2.24, 2.45) is 5.73 Å². The van der Waals surface area contributed by atoms with E-state index in [1.807, 2.05) is 6.07 Å². The summed E-state index contributed by atoms with van der Waals surface area (Å²) < 4.78 is 0. The van der Waals surface area contributed by atoms with Crippen LogP contribution in [0.2, 0.25) is 0 Å². The maximum Gasteiger partial charge on any atom is 0.336 e. The second-order valence-corrected chi connectivity index (χ2v) is 3.38. The molecule has 0 saturated heterocycles. The highest BCUT2D eigenvalue weighted by atomic mass is 16.4. The van der Waals surface area contributed by atoms with Crippen molar-refractivity contribution in [1.82, 2.24) is 0 Å². The molecule has 0 atom stereocenters. The fourth-order valence-electron chi connectivity index (χ4n) is 1.72. The predicted molar refractivity (Wildman–Crippen MR) is 59.4 cm³/mol. The minimum Gasteiger partial charge on any atom is -0.478 e. The number of fused-ring (bicyclic) bond motifs is 1. The van der Waals surface area contributed by atoms with Crippen LogP contribution in [-0.4, -0.2) is 17.0 Å². The second kappa shape index (κ2) is 3.66. The molecule has 2 aromatic rings. The molecule has 1 amide bonds. The number of primary amides is 1. The first-order valence-corrected chi connectivity index (χ1v) is 4.66. The van der Waals surface area contributed by atoms with E-state index < -0.39 is 11.9 Å². The number of amides is 1. The summed E-state index contributed by atoms with van der Waals surface area (Å²) in [5.74, 6) is -1.88. The van der Waals surface area contributed by atoms with Crippen LogP contribution in [0.25, 0.3) is 10.8 Å². The summed E-state index contributed by atoms with van der Waals surface area (Å²) in [6.45, 7) is 0. The van der Waals surface area contributed by atoms with Gasteiger partial charge in [0, 0.05) is 0 Å². The van der Waals surface area contributed by atoms with Crippen LogP contribution in [0.15, 0.2) is 36.4 Å². The maximum atomic E-state index is 11.3. The zero-order chi connectivity index (χ0) is 11.7. The van der Waals surface area contributed by atoms with E-state index in [0.717, 1.165) is 5.39 Å². The van der Waals surface area contributed by atoms with Crippen LogP contribution >= 0.6 is 0 Å². The SMILES string of the molecule is NC(=O)c1c(C(=O)O)ccc2ccccc12. The fourth-order valence-corrected chi connectivity index (χ4v) is 1.72. The lowest BCUT2D eigenvalue weighted by Crippen LogP contribution is -2.16. The molecule has 0 aliphatic carbocycles. The number of hydrogen-bond donors (Lipinski definition) is 2. The third kappa shape index (κ3) is 1.50. The van der Waals surface area contributed by atoms with Gasteiger partial charge in [-0.1, -0.05) is 30.3 Å². The Balaban J connectivity index is 2.90. The topological polar surface area (TPSA) is 80.4 Å². The summed E-state index contributed by atoms with van der Waals surface area (Å²) in [6.07, 6.45) is 0. The van der Waals surface area contributed by atoms with Gasteiger partial charge in [-0.2, -0.15) is 0 Å². The first-order chi connectivity index (χ1) is 7.61. The number of hydrogen-bond acceptors (Lipinski definition) is 2. The summed E-state index contributed by atoms with van der Waals surface area (Å²) >= 11 is 0. The van der Waals surface area contributed by atoms with Gasteiger partial charge in [-0.3, -0.25) is 4.79 Å². The monoisotopic (exact) mass is 215 g/mol. The summed E-state index contributed by atoms with van der Waals surface area (Å²) in [5, 5.41) is 10.3. The van der Waals surface area contributed by atoms with Gasteiger partial charge in [0.2, 0.25) is 5.91 Å². The molecule has 0 unspecified atom stereocenters. The Morgan fingerprint density at radius 2 is 1.75 bits per heavy atom. The minimum atomic E-state index is -1.15. The molecule has 2 aromatic carbocycles.